The van der Waals surface area contributed by atoms with Gasteiger partial charge in [0.05, 0.1) is 6.42 Å². The van der Waals surface area contributed by atoms with Gasteiger partial charge in [0, 0.05) is 13.1 Å². The van der Waals surface area contributed by atoms with Crippen LogP contribution < -0.4 is 10.6 Å². The van der Waals surface area contributed by atoms with Crippen molar-refractivity contribution in [2.45, 2.75) is 129 Å². The molecule has 0 bridgehead atoms. The lowest BCUT2D eigenvalue weighted by Gasteiger charge is -2.33. The highest BCUT2D eigenvalue weighted by atomic mass is 16.6. The van der Waals surface area contributed by atoms with Crippen LogP contribution in [0.1, 0.15) is 93.1 Å². The Bertz CT molecular complexity index is 1320. The van der Waals surface area contributed by atoms with Crippen molar-refractivity contribution in [1.82, 2.24) is 20.4 Å². The Balaban J connectivity index is 1.72. The van der Waals surface area contributed by atoms with Gasteiger partial charge in [-0.1, -0.05) is 44.2 Å². The van der Waals surface area contributed by atoms with E-state index in [1.54, 1.807) is 79.7 Å². The summed E-state index contributed by atoms with van der Waals surface area (Å²) < 4.78 is 16.3. The zero-order chi connectivity index (χ0) is 35.8. The predicted octanol–water partition coefficient (Wildman–Crippen LogP) is 3.48. The van der Waals surface area contributed by atoms with E-state index in [2.05, 4.69) is 10.6 Å². The standard InChI is InChI=1S/C35H52N4O9/c1-22(2)28(32(44)47-34(3,4)5)37-29(41)25-16-12-19-39(25)30(42)26-17-13-18-38(26)27(40)20-24(36-33(45)48-35(6,7)8)31(43)46-21-23-14-10-9-11-15-23/h9-11,14-15,22,24-26,28H,12-13,16-21H2,1-8H3,(H,36,45)(H,37,41)/t24-,25+,26-,28+/m1/s1. The third-order valence-electron chi connectivity index (χ3n) is 7.90. The number of carbonyl (C=O) groups is 6. The van der Waals surface area contributed by atoms with Crippen LogP contribution in [0.15, 0.2) is 30.3 Å². The average Bonchev–Trinajstić information content (AvgIpc) is 3.67. The molecule has 2 saturated heterocycles. The Kier molecular flexibility index (Phi) is 13.0. The predicted molar refractivity (Wildman–Crippen MR) is 176 cm³/mol. The van der Waals surface area contributed by atoms with E-state index in [0.717, 1.165) is 5.56 Å². The molecular weight excluding hydrogens is 620 g/mol. The second-order valence-corrected chi connectivity index (χ2v) is 14.7. The fourth-order valence-corrected chi connectivity index (χ4v) is 5.69. The third-order valence-corrected chi connectivity index (χ3v) is 7.90. The molecule has 0 saturated carbocycles. The van der Waals surface area contributed by atoms with Crippen molar-refractivity contribution in [1.29, 1.82) is 0 Å². The molecule has 0 spiro atoms. The molecule has 2 aliphatic heterocycles. The summed E-state index contributed by atoms with van der Waals surface area (Å²) in [5, 5.41) is 5.26. The lowest BCUT2D eigenvalue weighted by atomic mass is 10.0. The van der Waals surface area contributed by atoms with Crippen LogP contribution in [-0.4, -0.2) is 94.0 Å². The second-order valence-electron chi connectivity index (χ2n) is 14.7. The van der Waals surface area contributed by atoms with Crippen LogP contribution in [0.25, 0.3) is 0 Å². The summed E-state index contributed by atoms with van der Waals surface area (Å²) in [5.41, 5.74) is -0.851. The van der Waals surface area contributed by atoms with Gasteiger partial charge in [-0.2, -0.15) is 0 Å². The van der Waals surface area contributed by atoms with E-state index >= 15 is 0 Å². The lowest BCUT2D eigenvalue weighted by Crippen LogP contribution is -2.56. The van der Waals surface area contributed by atoms with Crippen LogP contribution >= 0.6 is 0 Å². The zero-order valence-electron chi connectivity index (χ0n) is 29.5. The van der Waals surface area contributed by atoms with E-state index in [1.807, 2.05) is 6.07 Å². The van der Waals surface area contributed by atoms with Crippen molar-refractivity contribution >= 4 is 35.8 Å². The molecule has 0 radical (unpaired) electrons. The summed E-state index contributed by atoms with van der Waals surface area (Å²) in [6.07, 6.45) is 0.578. The number of nitrogens with one attached hydrogen (secondary N) is 2. The molecule has 0 aliphatic carbocycles. The smallest absolute Gasteiger partial charge is 0.408 e. The fourth-order valence-electron chi connectivity index (χ4n) is 5.69. The summed E-state index contributed by atoms with van der Waals surface area (Å²) in [7, 11) is 0. The minimum absolute atomic E-state index is 0.0603. The Labute approximate surface area is 283 Å². The number of hydrogen-bond acceptors (Lipinski definition) is 9. The van der Waals surface area contributed by atoms with Crippen molar-refractivity contribution in [2.75, 3.05) is 13.1 Å². The highest BCUT2D eigenvalue weighted by molar-refractivity contribution is 5.95. The molecule has 48 heavy (non-hydrogen) atoms. The summed E-state index contributed by atoms with van der Waals surface area (Å²) >= 11 is 0. The lowest BCUT2D eigenvalue weighted by molar-refractivity contribution is -0.160. The van der Waals surface area contributed by atoms with Gasteiger partial charge in [-0.05, 0) is 78.7 Å². The van der Waals surface area contributed by atoms with Crippen LogP contribution in [0.3, 0.4) is 0 Å². The number of amides is 4. The van der Waals surface area contributed by atoms with E-state index in [9.17, 15) is 28.8 Å². The normalized spacial score (nSPS) is 19.4. The van der Waals surface area contributed by atoms with Gasteiger partial charge in [0.25, 0.3) is 0 Å². The van der Waals surface area contributed by atoms with Crippen molar-refractivity contribution in [3.63, 3.8) is 0 Å². The molecule has 4 atom stereocenters. The van der Waals surface area contributed by atoms with Gasteiger partial charge < -0.3 is 34.6 Å². The average molecular weight is 673 g/mol. The monoisotopic (exact) mass is 672 g/mol. The van der Waals surface area contributed by atoms with Crippen LogP contribution in [-0.2, 0) is 44.8 Å². The molecule has 2 N–H and O–H groups in total. The summed E-state index contributed by atoms with van der Waals surface area (Å²) in [4.78, 5) is 82.6. The topological polar surface area (TPSA) is 161 Å². The number of hydrogen-bond donors (Lipinski definition) is 2. The van der Waals surface area contributed by atoms with Crippen molar-refractivity contribution in [2.24, 2.45) is 5.92 Å². The SMILES string of the molecule is CC(C)[C@H](NC(=O)[C@@H]1CCCN1C(=O)[C@H]1CCCN1C(=O)C[C@@H](NC(=O)OC(C)(C)C)C(=O)OCc1ccccc1)C(=O)OC(C)(C)C. The Morgan fingerprint density at radius 3 is 1.96 bits per heavy atom. The number of likely N-dealkylation sites (tertiary alicyclic amines) is 2. The third kappa shape index (κ3) is 11.2. The Morgan fingerprint density at radius 2 is 1.38 bits per heavy atom. The van der Waals surface area contributed by atoms with Crippen molar-refractivity contribution in [3.05, 3.63) is 35.9 Å². The highest BCUT2D eigenvalue weighted by Gasteiger charge is 2.44. The van der Waals surface area contributed by atoms with Gasteiger partial charge in [0.1, 0.15) is 42.0 Å². The zero-order valence-corrected chi connectivity index (χ0v) is 29.5. The fraction of sp³-hybridized carbons (Fsp3) is 0.657. The number of nitrogens with zero attached hydrogens (tertiary/aromatic N) is 2. The minimum Gasteiger partial charge on any atom is -0.459 e. The quantitative estimate of drug-likeness (QED) is 0.265. The van der Waals surface area contributed by atoms with Crippen LogP contribution in [0, 0.1) is 5.92 Å². The van der Waals surface area contributed by atoms with Crippen LogP contribution in [0.4, 0.5) is 4.79 Å². The molecule has 13 nitrogen and oxygen atoms in total. The van der Waals surface area contributed by atoms with Gasteiger partial charge in [-0.15, -0.1) is 0 Å². The van der Waals surface area contributed by atoms with Crippen LogP contribution in [0.5, 0.6) is 0 Å². The first-order valence-corrected chi connectivity index (χ1v) is 16.7. The van der Waals surface area contributed by atoms with Crippen LogP contribution in [0.2, 0.25) is 0 Å². The van der Waals surface area contributed by atoms with E-state index in [4.69, 9.17) is 14.2 Å². The van der Waals surface area contributed by atoms with Crippen molar-refractivity contribution < 1.29 is 43.0 Å². The first kappa shape index (κ1) is 38.3. The van der Waals surface area contributed by atoms with Gasteiger partial charge in [-0.25, -0.2) is 14.4 Å². The molecule has 3 rings (SSSR count). The molecule has 1 aromatic rings. The first-order valence-electron chi connectivity index (χ1n) is 16.7. The molecule has 2 heterocycles. The maximum absolute atomic E-state index is 13.9. The number of alkyl carbamates (subject to hydrolysis) is 1. The molecule has 266 valence electrons. The number of carbonyl (C=O) groups excluding carboxylic acids is 6. The largest absolute Gasteiger partial charge is 0.459 e. The molecule has 0 unspecified atom stereocenters. The maximum Gasteiger partial charge on any atom is 0.408 e. The first-order chi connectivity index (χ1) is 22.4. The summed E-state index contributed by atoms with van der Waals surface area (Å²) in [5.74, 6) is -2.97. The van der Waals surface area contributed by atoms with Crippen molar-refractivity contribution in [3.8, 4) is 0 Å². The number of esters is 2. The molecule has 1 aromatic carbocycles. The van der Waals surface area contributed by atoms with E-state index in [0.29, 0.717) is 32.2 Å². The van der Waals surface area contributed by atoms with E-state index < -0.39 is 71.6 Å². The summed E-state index contributed by atoms with van der Waals surface area (Å²) in [6, 6.07) is 5.07. The Morgan fingerprint density at radius 1 is 0.792 bits per heavy atom. The maximum atomic E-state index is 13.9. The van der Waals surface area contributed by atoms with E-state index in [1.165, 1.54) is 9.80 Å². The van der Waals surface area contributed by atoms with Gasteiger partial charge in [0.2, 0.25) is 17.7 Å². The molecule has 0 aromatic heterocycles. The van der Waals surface area contributed by atoms with Gasteiger partial charge >= 0.3 is 18.0 Å². The number of benzene rings is 1. The molecule has 4 amide bonds. The van der Waals surface area contributed by atoms with Gasteiger partial charge in [-0.3, -0.25) is 14.4 Å². The molecule has 2 fully saturated rings. The Hall–Kier alpha value is -4.16. The molecule has 2 aliphatic rings. The van der Waals surface area contributed by atoms with E-state index in [-0.39, 0.29) is 25.0 Å². The van der Waals surface area contributed by atoms with Gasteiger partial charge in [0.15, 0.2) is 0 Å². The molecule has 13 heteroatoms. The second kappa shape index (κ2) is 16.3. The number of rotatable bonds is 11. The number of ether oxygens (including phenoxy) is 3. The minimum atomic E-state index is -1.36. The highest BCUT2D eigenvalue weighted by Crippen LogP contribution is 2.26. The molecular formula is C35H52N4O9. The summed E-state index contributed by atoms with van der Waals surface area (Å²) in [6.45, 7) is 14.4.